The van der Waals surface area contributed by atoms with Crippen LogP contribution in [0.25, 0.3) is 16.8 Å². The second-order valence-electron chi connectivity index (χ2n) is 7.50. The van der Waals surface area contributed by atoms with E-state index in [4.69, 9.17) is 0 Å². The number of aliphatic hydroxyl groups is 1. The van der Waals surface area contributed by atoms with E-state index < -0.39 is 0 Å². The number of aromatic nitrogens is 4. The molecule has 152 valence electrons. The van der Waals surface area contributed by atoms with E-state index in [-0.39, 0.29) is 24.5 Å². The highest BCUT2D eigenvalue weighted by atomic mass is 16.3. The van der Waals surface area contributed by atoms with Crippen molar-refractivity contribution in [3.05, 3.63) is 59.4 Å². The smallest absolute Gasteiger partial charge is 0.251 e. The molecule has 1 atom stereocenters. The van der Waals surface area contributed by atoms with Gasteiger partial charge in [0.1, 0.15) is 0 Å². The maximum atomic E-state index is 12.9. The minimum atomic E-state index is -0.312. The van der Waals surface area contributed by atoms with Gasteiger partial charge >= 0.3 is 0 Å². The van der Waals surface area contributed by atoms with Crippen molar-refractivity contribution in [2.45, 2.75) is 40.2 Å². The van der Waals surface area contributed by atoms with Gasteiger partial charge in [-0.05, 0) is 52.6 Å². The highest BCUT2D eigenvalue weighted by Gasteiger charge is 2.18. The van der Waals surface area contributed by atoms with Crippen molar-refractivity contribution in [1.82, 2.24) is 25.5 Å². The monoisotopic (exact) mass is 393 g/mol. The lowest BCUT2D eigenvalue weighted by Gasteiger charge is -2.20. The summed E-state index contributed by atoms with van der Waals surface area (Å²) in [6.45, 7) is 7.83. The largest absolute Gasteiger partial charge is 0.394 e. The van der Waals surface area contributed by atoms with Gasteiger partial charge in [0.25, 0.3) is 5.91 Å². The number of tetrazole rings is 1. The fourth-order valence-corrected chi connectivity index (χ4v) is 3.08. The van der Waals surface area contributed by atoms with Crippen LogP contribution in [0.3, 0.4) is 0 Å². The first-order chi connectivity index (χ1) is 13.9. The van der Waals surface area contributed by atoms with Crippen molar-refractivity contribution in [1.29, 1.82) is 0 Å². The van der Waals surface area contributed by atoms with Gasteiger partial charge in [-0.25, -0.2) is 0 Å². The van der Waals surface area contributed by atoms with Crippen LogP contribution in [0.4, 0.5) is 0 Å². The van der Waals surface area contributed by atoms with Gasteiger partial charge in [0, 0.05) is 12.0 Å². The van der Waals surface area contributed by atoms with Crippen LogP contribution in [0, 0.1) is 12.8 Å². The standard InChI is InChI=1S/C22H27N5O2/c1-5-21-24-25-26-27(21)19-11-17(16-8-6-15(4)7-9-16)10-18(12-19)22(29)23-20(13-28)14(2)3/h6-12,14,20,28H,5,13H2,1-4H3,(H,23,29). The van der Waals surface area contributed by atoms with Crippen molar-refractivity contribution in [3.63, 3.8) is 0 Å². The molecule has 1 unspecified atom stereocenters. The van der Waals surface area contributed by atoms with Crippen LogP contribution in [0.5, 0.6) is 0 Å². The zero-order valence-electron chi connectivity index (χ0n) is 17.3. The molecular weight excluding hydrogens is 366 g/mol. The topological polar surface area (TPSA) is 92.9 Å². The molecule has 0 aliphatic carbocycles. The summed E-state index contributed by atoms with van der Waals surface area (Å²) >= 11 is 0. The van der Waals surface area contributed by atoms with Crippen molar-refractivity contribution in [3.8, 4) is 16.8 Å². The van der Waals surface area contributed by atoms with Gasteiger partial charge in [0.2, 0.25) is 0 Å². The van der Waals surface area contributed by atoms with E-state index in [1.165, 1.54) is 5.56 Å². The van der Waals surface area contributed by atoms with Gasteiger partial charge in [0.05, 0.1) is 18.3 Å². The predicted octanol–water partition coefficient (Wildman–Crippen LogP) is 2.95. The number of aliphatic hydroxyl groups excluding tert-OH is 1. The van der Waals surface area contributed by atoms with Gasteiger partial charge in [-0.3, -0.25) is 4.79 Å². The zero-order chi connectivity index (χ0) is 21.0. The Hall–Kier alpha value is -3.06. The summed E-state index contributed by atoms with van der Waals surface area (Å²) in [5.74, 6) is 0.599. The summed E-state index contributed by atoms with van der Waals surface area (Å²) in [5, 5.41) is 24.4. The number of benzene rings is 2. The molecule has 0 bridgehead atoms. The Morgan fingerprint density at radius 3 is 2.48 bits per heavy atom. The number of carbonyl (C=O) groups is 1. The van der Waals surface area contributed by atoms with Crippen molar-refractivity contribution >= 4 is 5.91 Å². The number of carbonyl (C=O) groups excluding carboxylic acids is 1. The summed E-state index contributed by atoms with van der Waals surface area (Å²) < 4.78 is 1.65. The van der Waals surface area contributed by atoms with E-state index in [2.05, 4.69) is 20.8 Å². The Labute approximate surface area is 170 Å². The first kappa shape index (κ1) is 20.7. The second kappa shape index (κ2) is 8.96. The van der Waals surface area contributed by atoms with Crippen LogP contribution >= 0.6 is 0 Å². The molecule has 2 aromatic carbocycles. The first-order valence-electron chi connectivity index (χ1n) is 9.84. The Kier molecular flexibility index (Phi) is 6.39. The highest BCUT2D eigenvalue weighted by Crippen LogP contribution is 2.25. The normalized spacial score (nSPS) is 12.2. The third-order valence-electron chi connectivity index (χ3n) is 4.98. The average molecular weight is 393 g/mol. The van der Waals surface area contributed by atoms with Gasteiger partial charge in [-0.15, -0.1) is 5.10 Å². The van der Waals surface area contributed by atoms with Crippen LogP contribution in [0.15, 0.2) is 42.5 Å². The zero-order valence-corrected chi connectivity index (χ0v) is 17.3. The van der Waals surface area contributed by atoms with Crippen LogP contribution in [0.1, 0.15) is 42.5 Å². The van der Waals surface area contributed by atoms with E-state index in [0.717, 1.165) is 16.8 Å². The molecule has 0 saturated carbocycles. The van der Waals surface area contributed by atoms with Crippen molar-refractivity contribution < 1.29 is 9.90 Å². The number of rotatable bonds is 7. The fraction of sp³-hybridized carbons (Fsp3) is 0.364. The minimum Gasteiger partial charge on any atom is -0.394 e. The molecule has 0 fully saturated rings. The molecule has 1 heterocycles. The van der Waals surface area contributed by atoms with Crippen molar-refractivity contribution in [2.24, 2.45) is 5.92 Å². The number of aryl methyl sites for hydroxylation is 2. The molecule has 1 aromatic heterocycles. The quantitative estimate of drug-likeness (QED) is 0.644. The lowest BCUT2D eigenvalue weighted by molar-refractivity contribution is 0.0897. The van der Waals surface area contributed by atoms with Gasteiger partial charge in [-0.2, -0.15) is 4.68 Å². The number of nitrogens with zero attached hydrogens (tertiary/aromatic N) is 4. The van der Waals surface area contributed by atoms with Crippen LogP contribution in [-0.4, -0.2) is 43.9 Å². The molecule has 0 radical (unpaired) electrons. The maximum absolute atomic E-state index is 12.9. The van der Waals surface area contributed by atoms with Gasteiger partial charge in [0.15, 0.2) is 5.82 Å². The summed E-state index contributed by atoms with van der Waals surface area (Å²) in [6, 6.07) is 13.4. The number of nitrogens with one attached hydrogen (secondary N) is 1. The van der Waals surface area contributed by atoms with E-state index in [1.807, 2.05) is 64.1 Å². The Balaban J connectivity index is 2.07. The Bertz CT molecular complexity index is 979. The third-order valence-corrected chi connectivity index (χ3v) is 4.98. The Morgan fingerprint density at radius 2 is 1.86 bits per heavy atom. The van der Waals surface area contributed by atoms with E-state index in [1.54, 1.807) is 10.7 Å². The SMILES string of the molecule is CCc1nnnn1-c1cc(C(=O)NC(CO)C(C)C)cc(-c2ccc(C)cc2)c1. The lowest BCUT2D eigenvalue weighted by atomic mass is 9.99. The second-order valence-corrected chi connectivity index (χ2v) is 7.50. The molecule has 0 aliphatic rings. The summed E-state index contributed by atoms with van der Waals surface area (Å²) in [7, 11) is 0. The molecule has 1 amide bonds. The lowest BCUT2D eigenvalue weighted by Crippen LogP contribution is -2.41. The van der Waals surface area contributed by atoms with Crippen LogP contribution in [-0.2, 0) is 6.42 Å². The number of hydrogen-bond donors (Lipinski definition) is 2. The van der Waals surface area contributed by atoms with Gasteiger partial charge in [-0.1, -0.05) is 50.6 Å². The minimum absolute atomic E-state index is 0.110. The third kappa shape index (κ3) is 4.68. The van der Waals surface area contributed by atoms with E-state index >= 15 is 0 Å². The summed E-state index contributed by atoms with van der Waals surface area (Å²) in [5.41, 5.74) is 4.28. The van der Waals surface area contributed by atoms with E-state index in [0.29, 0.717) is 17.8 Å². The number of amides is 1. The molecule has 0 saturated heterocycles. The molecule has 3 rings (SSSR count). The van der Waals surface area contributed by atoms with Crippen molar-refractivity contribution in [2.75, 3.05) is 6.61 Å². The highest BCUT2D eigenvalue weighted by molar-refractivity contribution is 5.96. The molecule has 0 aliphatic heterocycles. The Morgan fingerprint density at radius 1 is 1.14 bits per heavy atom. The molecule has 7 heteroatoms. The molecule has 0 spiro atoms. The van der Waals surface area contributed by atoms with E-state index in [9.17, 15) is 9.90 Å². The molecular formula is C22H27N5O2. The summed E-state index contributed by atoms with van der Waals surface area (Å²) in [6.07, 6.45) is 0.670. The number of hydrogen-bond acceptors (Lipinski definition) is 5. The summed E-state index contributed by atoms with van der Waals surface area (Å²) in [4.78, 5) is 12.9. The fourth-order valence-electron chi connectivity index (χ4n) is 3.08. The predicted molar refractivity (Wildman–Crippen MR) is 112 cm³/mol. The first-order valence-corrected chi connectivity index (χ1v) is 9.84. The maximum Gasteiger partial charge on any atom is 0.251 e. The van der Waals surface area contributed by atoms with Crippen LogP contribution < -0.4 is 5.32 Å². The molecule has 2 N–H and O–H groups in total. The molecule has 7 nitrogen and oxygen atoms in total. The molecule has 3 aromatic rings. The molecule has 29 heavy (non-hydrogen) atoms. The van der Waals surface area contributed by atoms with Gasteiger partial charge < -0.3 is 10.4 Å². The average Bonchev–Trinajstić information content (AvgIpc) is 3.20. The van der Waals surface area contributed by atoms with Crippen LogP contribution in [0.2, 0.25) is 0 Å².